The monoisotopic (exact) mass is 304 g/mol. The number of urea groups is 1. The van der Waals surface area contributed by atoms with E-state index < -0.39 is 0 Å². The molecule has 3 N–H and O–H groups in total. The van der Waals surface area contributed by atoms with E-state index >= 15 is 0 Å². The minimum atomic E-state index is -0.201. The Morgan fingerprint density at radius 1 is 1.41 bits per heavy atom. The van der Waals surface area contributed by atoms with Gasteiger partial charge >= 0.3 is 6.03 Å². The lowest BCUT2D eigenvalue weighted by Gasteiger charge is -2.26. The number of hydrogen-bond acceptors (Lipinski definition) is 3. The highest BCUT2D eigenvalue weighted by molar-refractivity contribution is 5.76. The van der Waals surface area contributed by atoms with Crippen LogP contribution in [0.1, 0.15) is 32.6 Å². The standard InChI is InChI=1S/C16H24N4O2/c1-4-20(9-10-21)16(22)19-14(11(2)3)15-17-12-7-5-6-8-13(12)18-15/h5-8,11,14,21H,4,9-10H2,1-3H3,(H,17,18)(H,19,22). The van der Waals surface area contributed by atoms with Gasteiger partial charge in [-0.3, -0.25) is 0 Å². The summed E-state index contributed by atoms with van der Waals surface area (Å²) in [5.74, 6) is 0.946. The molecule has 0 fully saturated rings. The smallest absolute Gasteiger partial charge is 0.318 e. The molecular weight excluding hydrogens is 280 g/mol. The molecule has 0 bridgehead atoms. The van der Waals surface area contributed by atoms with Crippen molar-refractivity contribution in [2.24, 2.45) is 5.92 Å². The highest BCUT2D eigenvalue weighted by atomic mass is 16.3. The first-order valence-corrected chi connectivity index (χ1v) is 7.67. The molecule has 0 spiro atoms. The Hall–Kier alpha value is -2.08. The maximum Gasteiger partial charge on any atom is 0.318 e. The molecule has 0 aliphatic heterocycles. The largest absolute Gasteiger partial charge is 0.395 e. The Labute approximate surface area is 130 Å². The van der Waals surface area contributed by atoms with Gasteiger partial charge < -0.3 is 20.3 Å². The summed E-state index contributed by atoms with van der Waals surface area (Å²) in [4.78, 5) is 21.8. The third kappa shape index (κ3) is 3.57. The number of likely N-dealkylation sites (N-methyl/N-ethyl adjacent to an activating group) is 1. The van der Waals surface area contributed by atoms with E-state index in [1.165, 1.54) is 0 Å². The number of rotatable bonds is 6. The molecule has 0 radical (unpaired) electrons. The van der Waals surface area contributed by atoms with E-state index in [1.54, 1.807) is 4.90 Å². The maximum atomic E-state index is 12.3. The summed E-state index contributed by atoms with van der Waals surface area (Å²) >= 11 is 0. The van der Waals surface area contributed by atoms with Crippen molar-refractivity contribution in [1.82, 2.24) is 20.2 Å². The predicted molar refractivity (Wildman–Crippen MR) is 86.5 cm³/mol. The van der Waals surface area contributed by atoms with E-state index in [2.05, 4.69) is 15.3 Å². The van der Waals surface area contributed by atoms with Crippen molar-refractivity contribution in [2.45, 2.75) is 26.8 Å². The predicted octanol–water partition coefficient (Wildman–Crippen LogP) is 2.28. The highest BCUT2D eigenvalue weighted by Crippen LogP contribution is 2.22. The van der Waals surface area contributed by atoms with Crippen LogP contribution >= 0.6 is 0 Å². The Morgan fingerprint density at radius 2 is 2.14 bits per heavy atom. The number of aromatic nitrogens is 2. The fraction of sp³-hybridized carbons (Fsp3) is 0.500. The maximum absolute atomic E-state index is 12.3. The Balaban J connectivity index is 2.21. The summed E-state index contributed by atoms with van der Waals surface area (Å²) < 4.78 is 0. The second-order valence-corrected chi connectivity index (χ2v) is 5.61. The summed E-state index contributed by atoms with van der Waals surface area (Å²) in [5, 5.41) is 12.0. The first kappa shape index (κ1) is 16.3. The number of imidazole rings is 1. The molecule has 2 aromatic rings. The van der Waals surface area contributed by atoms with Gasteiger partial charge in [-0.05, 0) is 25.0 Å². The number of carbonyl (C=O) groups excluding carboxylic acids is 1. The molecule has 6 heteroatoms. The summed E-state index contributed by atoms with van der Waals surface area (Å²) in [6.07, 6.45) is 0. The van der Waals surface area contributed by atoms with Gasteiger partial charge in [0.1, 0.15) is 5.82 Å². The van der Waals surface area contributed by atoms with Crippen LogP contribution in [0.2, 0.25) is 0 Å². The van der Waals surface area contributed by atoms with Crippen molar-refractivity contribution in [1.29, 1.82) is 0 Å². The van der Waals surface area contributed by atoms with Gasteiger partial charge in [-0.15, -0.1) is 0 Å². The number of aromatic amines is 1. The quantitative estimate of drug-likeness (QED) is 0.766. The third-order valence-corrected chi connectivity index (χ3v) is 3.69. The number of para-hydroxylation sites is 2. The molecule has 1 unspecified atom stereocenters. The molecule has 1 heterocycles. The number of hydrogen-bond donors (Lipinski definition) is 3. The highest BCUT2D eigenvalue weighted by Gasteiger charge is 2.23. The van der Waals surface area contributed by atoms with Gasteiger partial charge in [0.25, 0.3) is 0 Å². The van der Waals surface area contributed by atoms with Crippen molar-refractivity contribution < 1.29 is 9.90 Å². The van der Waals surface area contributed by atoms with Gasteiger partial charge in [0.15, 0.2) is 0 Å². The molecule has 0 aliphatic carbocycles. The second kappa shape index (κ2) is 7.26. The summed E-state index contributed by atoms with van der Waals surface area (Å²) in [5.41, 5.74) is 1.85. The Morgan fingerprint density at radius 3 is 2.73 bits per heavy atom. The van der Waals surface area contributed by atoms with Gasteiger partial charge in [0.05, 0.1) is 23.7 Å². The number of H-pyrrole nitrogens is 1. The van der Waals surface area contributed by atoms with E-state index in [1.807, 2.05) is 45.0 Å². The molecular formula is C16H24N4O2. The number of nitrogens with zero attached hydrogens (tertiary/aromatic N) is 2. The van der Waals surface area contributed by atoms with Crippen LogP contribution < -0.4 is 5.32 Å². The summed E-state index contributed by atoms with van der Waals surface area (Å²) in [6, 6.07) is 7.42. The third-order valence-electron chi connectivity index (χ3n) is 3.69. The van der Waals surface area contributed by atoms with E-state index in [-0.39, 0.29) is 24.6 Å². The van der Waals surface area contributed by atoms with Gasteiger partial charge in [0.2, 0.25) is 0 Å². The van der Waals surface area contributed by atoms with E-state index in [4.69, 9.17) is 5.11 Å². The van der Waals surface area contributed by atoms with Gasteiger partial charge in [-0.25, -0.2) is 9.78 Å². The molecule has 0 aliphatic rings. The molecule has 1 aromatic heterocycles. The molecule has 22 heavy (non-hydrogen) atoms. The lowest BCUT2D eigenvalue weighted by atomic mass is 10.0. The molecule has 2 amide bonds. The van der Waals surface area contributed by atoms with E-state index in [0.29, 0.717) is 13.1 Å². The number of fused-ring (bicyclic) bond motifs is 1. The van der Waals surface area contributed by atoms with Gasteiger partial charge in [0, 0.05) is 13.1 Å². The van der Waals surface area contributed by atoms with Crippen LogP contribution in [0.3, 0.4) is 0 Å². The number of amides is 2. The lowest BCUT2D eigenvalue weighted by molar-refractivity contribution is 0.174. The molecule has 120 valence electrons. The fourth-order valence-electron chi connectivity index (χ4n) is 2.42. The zero-order valence-electron chi connectivity index (χ0n) is 13.3. The number of aliphatic hydroxyl groups excluding tert-OH is 1. The van der Waals surface area contributed by atoms with Crippen LogP contribution in [0.4, 0.5) is 4.79 Å². The van der Waals surface area contributed by atoms with Crippen molar-refractivity contribution in [2.75, 3.05) is 19.7 Å². The van der Waals surface area contributed by atoms with Gasteiger partial charge in [-0.1, -0.05) is 26.0 Å². The topological polar surface area (TPSA) is 81.2 Å². The normalized spacial score (nSPS) is 12.6. The van der Waals surface area contributed by atoms with Crippen molar-refractivity contribution >= 4 is 17.1 Å². The van der Waals surface area contributed by atoms with Crippen LogP contribution in [-0.4, -0.2) is 45.7 Å². The molecule has 2 rings (SSSR count). The minimum absolute atomic E-state index is 0.0434. The average molecular weight is 304 g/mol. The summed E-state index contributed by atoms with van der Waals surface area (Å²) in [7, 11) is 0. The molecule has 1 aromatic carbocycles. The Bertz CT molecular complexity index is 590. The van der Waals surface area contributed by atoms with Crippen LogP contribution in [0.5, 0.6) is 0 Å². The van der Waals surface area contributed by atoms with Crippen molar-refractivity contribution in [3.63, 3.8) is 0 Å². The number of nitrogens with one attached hydrogen (secondary N) is 2. The van der Waals surface area contributed by atoms with Crippen LogP contribution in [0, 0.1) is 5.92 Å². The first-order chi connectivity index (χ1) is 10.6. The number of benzene rings is 1. The number of aliphatic hydroxyl groups is 1. The first-order valence-electron chi connectivity index (χ1n) is 7.67. The average Bonchev–Trinajstić information content (AvgIpc) is 2.93. The van der Waals surface area contributed by atoms with Crippen LogP contribution in [0.15, 0.2) is 24.3 Å². The van der Waals surface area contributed by atoms with E-state index in [9.17, 15) is 4.79 Å². The van der Waals surface area contributed by atoms with Crippen molar-refractivity contribution in [3.8, 4) is 0 Å². The second-order valence-electron chi connectivity index (χ2n) is 5.61. The molecule has 6 nitrogen and oxygen atoms in total. The Kier molecular flexibility index (Phi) is 5.38. The zero-order chi connectivity index (χ0) is 16.1. The summed E-state index contributed by atoms with van der Waals surface area (Å²) in [6.45, 7) is 6.81. The van der Waals surface area contributed by atoms with E-state index in [0.717, 1.165) is 16.9 Å². The molecule has 0 saturated heterocycles. The lowest BCUT2D eigenvalue weighted by Crippen LogP contribution is -2.44. The minimum Gasteiger partial charge on any atom is -0.395 e. The SMILES string of the molecule is CCN(CCO)C(=O)NC(c1nc2ccccc2[nH]1)C(C)C. The fourth-order valence-corrected chi connectivity index (χ4v) is 2.42. The van der Waals surface area contributed by atoms with Gasteiger partial charge in [-0.2, -0.15) is 0 Å². The number of carbonyl (C=O) groups is 1. The van der Waals surface area contributed by atoms with Crippen molar-refractivity contribution in [3.05, 3.63) is 30.1 Å². The van der Waals surface area contributed by atoms with Crippen LogP contribution in [0.25, 0.3) is 11.0 Å². The molecule has 0 saturated carbocycles. The molecule has 1 atom stereocenters. The zero-order valence-corrected chi connectivity index (χ0v) is 13.3. The van der Waals surface area contributed by atoms with Crippen LogP contribution in [-0.2, 0) is 0 Å².